The van der Waals surface area contributed by atoms with Gasteiger partial charge >= 0.3 is 0 Å². The second-order valence-corrected chi connectivity index (χ2v) is 3.30. The lowest BCUT2D eigenvalue weighted by molar-refractivity contribution is -0.595. The normalized spacial score (nSPS) is 9.88. The number of hydrogen-bond acceptors (Lipinski definition) is 4. The van der Waals surface area contributed by atoms with Gasteiger partial charge in [-0.05, 0) is 5.18 Å². The third kappa shape index (κ3) is 2.15. The molecule has 0 radical (unpaired) electrons. The van der Waals surface area contributed by atoms with E-state index in [0.29, 0.717) is 5.69 Å². The van der Waals surface area contributed by atoms with E-state index in [-0.39, 0.29) is 11.4 Å². The molecule has 6 heteroatoms. The number of nitro benzene ring substituents is 1. The fourth-order valence-corrected chi connectivity index (χ4v) is 1.48. The third-order valence-electron chi connectivity index (χ3n) is 2.26. The lowest BCUT2D eigenvalue weighted by atomic mass is 10.2. The van der Waals surface area contributed by atoms with Crippen LogP contribution in [0.1, 0.15) is 0 Å². The molecule has 0 spiro atoms. The summed E-state index contributed by atoms with van der Waals surface area (Å²) in [6.07, 6.45) is 3.46. The van der Waals surface area contributed by atoms with Crippen molar-refractivity contribution < 1.29 is 9.49 Å². The Morgan fingerprint density at radius 3 is 2.47 bits per heavy atom. The van der Waals surface area contributed by atoms with Crippen molar-refractivity contribution in [3.8, 4) is 5.69 Å². The number of benzene rings is 1. The molecule has 1 aromatic carbocycles. The molecule has 0 amide bonds. The van der Waals surface area contributed by atoms with Crippen LogP contribution in [0.2, 0.25) is 0 Å². The smallest absolute Gasteiger partial charge is 0.258 e. The summed E-state index contributed by atoms with van der Waals surface area (Å²) >= 11 is 0. The number of pyridine rings is 1. The van der Waals surface area contributed by atoms with Crippen molar-refractivity contribution in [3.05, 3.63) is 63.8 Å². The van der Waals surface area contributed by atoms with Gasteiger partial charge in [0.05, 0.1) is 11.0 Å². The Bertz CT molecular complexity index is 569. The molecule has 1 heterocycles. The fraction of sp³-hybridized carbons (Fsp3) is 0. The van der Waals surface area contributed by atoms with Gasteiger partial charge in [-0.15, -0.1) is 4.91 Å². The van der Waals surface area contributed by atoms with Crippen LogP contribution in [-0.2, 0) is 0 Å². The minimum Gasteiger partial charge on any atom is -0.258 e. The molecule has 1 aromatic heterocycles. The Balaban J connectivity index is 2.56. The molecule has 0 aliphatic carbocycles. The summed E-state index contributed by atoms with van der Waals surface area (Å²) in [6.45, 7) is 0. The van der Waals surface area contributed by atoms with E-state index >= 15 is 0 Å². The van der Waals surface area contributed by atoms with Gasteiger partial charge in [0.15, 0.2) is 18.1 Å². The molecule has 0 atom stereocenters. The summed E-state index contributed by atoms with van der Waals surface area (Å²) in [7, 11) is 0. The molecule has 0 saturated heterocycles. The number of nitrogens with zero attached hydrogens (tertiary/aromatic N) is 3. The van der Waals surface area contributed by atoms with Crippen LogP contribution in [0, 0.1) is 15.0 Å². The maximum absolute atomic E-state index is 10.7. The Morgan fingerprint density at radius 1 is 1.18 bits per heavy atom. The topological polar surface area (TPSA) is 76.4 Å². The number of nitroso groups, excluding NO2 is 1. The highest BCUT2D eigenvalue weighted by Gasteiger charge is 2.17. The monoisotopic (exact) mass is 230 g/mol. The van der Waals surface area contributed by atoms with Crippen LogP contribution in [0.15, 0.2) is 54.0 Å². The minimum absolute atomic E-state index is 0.0374. The number of hydrogen-bond donors (Lipinski definition) is 0. The van der Waals surface area contributed by atoms with Crippen LogP contribution in [0.4, 0.5) is 11.4 Å². The molecule has 17 heavy (non-hydrogen) atoms. The molecule has 0 saturated carbocycles. The standard InChI is InChI=1S/C11H8N3O3/c15-12-10-8-9(14(16)17)4-5-11(10)13-6-2-1-3-7-13/h1-8H/q+1. The zero-order valence-electron chi connectivity index (χ0n) is 8.69. The summed E-state index contributed by atoms with van der Waals surface area (Å²) in [5.41, 5.74) is 0.390. The van der Waals surface area contributed by atoms with E-state index in [0.717, 1.165) is 6.07 Å². The van der Waals surface area contributed by atoms with Crippen molar-refractivity contribution >= 4 is 11.4 Å². The van der Waals surface area contributed by atoms with Gasteiger partial charge < -0.3 is 0 Å². The minimum atomic E-state index is -0.561. The lowest BCUT2D eigenvalue weighted by Crippen LogP contribution is -2.28. The molecule has 0 aliphatic heterocycles. The largest absolute Gasteiger partial charge is 0.272 e. The van der Waals surface area contributed by atoms with Crippen LogP contribution in [0.25, 0.3) is 5.69 Å². The molecule has 0 aliphatic rings. The van der Waals surface area contributed by atoms with Gasteiger partial charge in [0.2, 0.25) is 5.69 Å². The van der Waals surface area contributed by atoms with E-state index in [1.807, 2.05) is 6.07 Å². The van der Waals surface area contributed by atoms with Crippen molar-refractivity contribution in [1.82, 2.24) is 0 Å². The molecule has 0 unspecified atom stereocenters. The Labute approximate surface area is 96.3 Å². The van der Waals surface area contributed by atoms with Crippen molar-refractivity contribution in [1.29, 1.82) is 0 Å². The van der Waals surface area contributed by atoms with Gasteiger partial charge in [-0.2, -0.15) is 4.57 Å². The second-order valence-electron chi connectivity index (χ2n) is 3.30. The number of non-ortho nitro benzene ring substituents is 1. The average molecular weight is 230 g/mol. The van der Waals surface area contributed by atoms with E-state index in [1.54, 1.807) is 29.1 Å². The highest BCUT2D eigenvalue weighted by Crippen LogP contribution is 2.24. The Kier molecular flexibility index (Phi) is 2.87. The second kappa shape index (κ2) is 4.48. The SMILES string of the molecule is O=Nc1cc([N+](=O)[O-])ccc1-[n+]1ccccc1. The van der Waals surface area contributed by atoms with E-state index in [4.69, 9.17) is 0 Å². The number of aromatic nitrogens is 1. The van der Waals surface area contributed by atoms with E-state index in [2.05, 4.69) is 5.18 Å². The molecular weight excluding hydrogens is 222 g/mol. The predicted molar refractivity (Wildman–Crippen MR) is 60.1 cm³/mol. The third-order valence-corrected chi connectivity index (χ3v) is 2.26. The van der Waals surface area contributed by atoms with Crippen LogP contribution < -0.4 is 4.57 Å². The van der Waals surface area contributed by atoms with Gasteiger partial charge in [-0.1, -0.05) is 6.07 Å². The van der Waals surface area contributed by atoms with Crippen LogP contribution in [0.5, 0.6) is 0 Å². The van der Waals surface area contributed by atoms with Gasteiger partial charge in [0.25, 0.3) is 5.69 Å². The van der Waals surface area contributed by atoms with Gasteiger partial charge in [0, 0.05) is 24.3 Å². The molecule has 0 bridgehead atoms. The first-order valence-corrected chi connectivity index (χ1v) is 4.81. The van der Waals surface area contributed by atoms with Crippen LogP contribution >= 0.6 is 0 Å². The van der Waals surface area contributed by atoms with E-state index < -0.39 is 4.92 Å². The van der Waals surface area contributed by atoms with Crippen LogP contribution in [-0.4, -0.2) is 4.92 Å². The maximum atomic E-state index is 10.7. The Morgan fingerprint density at radius 2 is 1.88 bits per heavy atom. The summed E-state index contributed by atoms with van der Waals surface area (Å²) < 4.78 is 1.67. The number of nitro groups is 1. The molecule has 6 nitrogen and oxygen atoms in total. The molecule has 2 aromatic rings. The first kappa shape index (κ1) is 10.9. The van der Waals surface area contributed by atoms with Crippen molar-refractivity contribution in [3.63, 3.8) is 0 Å². The van der Waals surface area contributed by atoms with Crippen molar-refractivity contribution in [2.75, 3.05) is 0 Å². The summed E-state index contributed by atoms with van der Waals surface area (Å²) in [6, 6.07) is 9.39. The summed E-state index contributed by atoms with van der Waals surface area (Å²) in [5, 5.41) is 13.4. The summed E-state index contributed by atoms with van der Waals surface area (Å²) in [5.74, 6) is 0. The molecule has 84 valence electrons. The zero-order valence-corrected chi connectivity index (χ0v) is 8.69. The highest BCUT2D eigenvalue weighted by atomic mass is 16.6. The summed E-state index contributed by atoms with van der Waals surface area (Å²) in [4.78, 5) is 20.7. The molecular formula is C11H8N3O3+. The average Bonchev–Trinajstić information content (AvgIpc) is 2.39. The van der Waals surface area contributed by atoms with Gasteiger partial charge in [0.1, 0.15) is 0 Å². The molecule has 2 rings (SSSR count). The maximum Gasteiger partial charge on any atom is 0.272 e. The fourth-order valence-electron chi connectivity index (χ4n) is 1.48. The van der Waals surface area contributed by atoms with Gasteiger partial charge in [-0.25, -0.2) is 0 Å². The van der Waals surface area contributed by atoms with Gasteiger partial charge in [-0.3, -0.25) is 10.1 Å². The first-order chi connectivity index (χ1) is 8.22. The molecule has 0 fully saturated rings. The lowest BCUT2D eigenvalue weighted by Gasteiger charge is -1.97. The highest BCUT2D eigenvalue weighted by molar-refractivity contribution is 5.57. The predicted octanol–water partition coefficient (Wildman–Crippen LogP) is 2.27. The molecule has 0 N–H and O–H groups in total. The Hall–Kier alpha value is -2.63. The van der Waals surface area contributed by atoms with Crippen LogP contribution in [0.3, 0.4) is 0 Å². The quantitative estimate of drug-likeness (QED) is 0.351. The van der Waals surface area contributed by atoms with Crippen molar-refractivity contribution in [2.24, 2.45) is 5.18 Å². The van der Waals surface area contributed by atoms with E-state index in [9.17, 15) is 15.0 Å². The van der Waals surface area contributed by atoms with Crippen molar-refractivity contribution in [2.45, 2.75) is 0 Å². The first-order valence-electron chi connectivity index (χ1n) is 4.81. The number of rotatable bonds is 3. The zero-order chi connectivity index (χ0) is 12.3. The van der Waals surface area contributed by atoms with E-state index in [1.165, 1.54) is 12.1 Å².